The lowest BCUT2D eigenvalue weighted by atomic mass is 9.80. The maximum Gasteiger partial charge on any atom is 0.319 e. The standard InChI is InChI=1S/C12H19N3O3S/c1-6-18-10(17)8(12(3,4)5)9(16)13-11-15-14-7(2)19-11/h8H,6H2,1-5H3,(H,13,15,16). The number of hydrogen-bond acceptors (Lipinski definition) is 6. The van der Waals surface area contributed by atoms with Crippen LogP contribution in [0, 0.1) is 18.3 Å². The Balaban J connectivity index is 2.86. The number of amides is 1. The smallest absolute Gasteiger partial charge is 0.319 e. The molecule has 0 aromatic carbocycles. The van der Waals surface area contributed by atoms with Crippen LogP contribution in [0.1, 0.15) is 32.7 Å². The number of carbonyl (C=O) groups excluding carboxylic acids is 2. The van der Waals surface area contributed by atoms with Crippen LogP contribution in [-0.2, 0) is 14.3 Å². The lowest BCUT2D eigenvalue weighted by Gasteiger charge is -2.27. The maximum atomic E-state index is 12.2. The molecule has 1 aromatic heterocycles. The minimum Gasteiger partial charge on any atom is -0.465 e. The quantitative estimate of drug-likeness (QED) is 0.676. The lowest BCUT2D eigenvalue weighted by molar-refractivity contribution is -0.155. The number of esters is 1. The molecule has 0 saturated heterocycles. The highest BCUT2D eigenvalue weighted by molar-refractivity contribution is 7.15. The van der Waals surface area contributed by atoms with E-state index in [1.807, 2.05) is 20.8 Å². The Morgan fingerprint density at radius 3 is 2.42 bits per heavy atom. The van der Waals surface area contributed by atoms with E-state index >= 15 is 0 Å². The normalized spacial score (nSPS) is 12.9. The molecule has 1 unspecified atom stereocenters. The second-order valence-corrected chi connectivity index (χ2v) is 6.35. The minimum atomic E-state index is -0.878. The van der Waals surface area contributed by atoms with E-state index in [2.05, 4.69) is 15.5 Å². The molecule has 0 saturated carbocycles. The van der Waals surface area contributed by atoms with E-state index in [1.165, 1.54) is 11.3 Å². The first-order valence-electron chi connectivity index (χ1n) is 6.03. The Morgan fingerprint density at radius 1 is 1.37 bits per heavy atom. The topological polar surface area (TPSA) is 81.2 Å². The van der Waals surface area contributed by atoms with Gasteiger partial charge in [-0.05, 0) is 19.3 Å². The number of ether oxygens (including phenoxy) is 1. The fourth-order valence-corrected chi connectivity index (χ4v) is 2.20. The summed E-state index contributed by atoms with van der Waals surface area (Å²) in [6.07, 6.45) is 0. The van der Waals surface area contributed by atoms with Crippen LogP contribution >= 0.6 is 11.3 Å². The highest BCUT2D eigenvalue weighted by Gasteiger charge is 2.39. The SMILES string of the molecule is CCOC(=O)C(C(=O)Nc1nnc(C)s1)C(C)(C)C. The van der Waals surface area contributed by atoms with Gasteiger partial charge in [0.25, 0.3) is 0 Å². The molecule has 7 heteroatoms. The first kappa shape index (κ1) is 15.6. The van der Waals surface area contributed by atoms with Crippen molar-refractivity contribution < 1.29 is 14.3 Å². The molecular formula is C12H19N3O3S. The second-order valence-electron chi connectivity index (χ2n) is 5.17. The van der Waals surface area contributed by atoms with Gasteiger partial charge in [-0.2, -0.15) is 0 Å². The van der Waals surface area contributed by atoms with Gasteiger partial charge in [0.05, 0.1) is 6.61 Å². The Hall–Kier alpha value is -1.50. The number of anilines is 1. The van der Waals surface area contributed by atoms with Crippen LogP contribution in [0.4, 0.5) is 5.13 Å². The summed E-state index contributed by atoms with van der Waals surface area (Å²) in [6, 6.07) is 0. The summed E-state index contributed by atoms with van der Waals surface area (Å²) in [4.78, 5) is 24.1. The average molecular weight is 285 g/mol. The molecule has 0 spiro atoms. The van der Waals surface area contributed by atoms with Crippen molar-refractivity contribution in [2.24, 2.45) is 11.3 Å². The van der Waals surface area contributed by atoms with E-state index in [9.17, 15) is 9.59 Å². The molecule has 1 atom stereocenters. The molecule has 1 N–H and O–H groups in total. The molecule has 0 aliphatic heterocycles. The molecule has 1 heterocycles. The zero-order chi connectivity index (χ0) is 14.6. The number of nitrogens with zero attached hydrogens (tertiary/aromatic N) is 2. The lowest BCUT2D eigenvalue weighted by Crippen LogP contribution is -2.40. The van der Waals surface area contributed by atoms with Gasteiger partial charge in [0.15, 0.2) is 0 Å². The van der Waals surface area contributed by atoms with Gasteiger partial charge in [-0.15, -0.1) is 10.2 Å². The third kappa shape index (κ3) is 4.27. The molecule has 1 aromatic rings. The number of hydrogen-bond donors (Lipinski definition) is 1. The number of carbonyl (C=O) groups is 2. The van der Waals surface area contributed by atoms with Crippen molar-refractivity contribution in [3.05, 3.63) is 5.01 Å². The van der Waals surface area contributed by atoms with Gasteiger partial charge in [0.1, 0.15) is 10.9 Å². The monoisotopic (exact) mass is 285 g/mol. The summed E-state index contributed by atoms with van der Waals surface area (Å²) < 4.78 is 4.96. The van der Waals surface area contributed by atoms with Crippen molar-refractivity contribution in [2.75, 3.05) is 11.9 Å². The van der Waals surface area contributed by atoms with E-state index < -0.39 is 23.2 Å². The van der Waals surface area contributed by atoms with Crippen LogP contribution in [0.2, 0.25) is 0 Å². The summed E-state index contributed by atoms with van der Waals surface area (Å²) >= 11 is 1.26. The first-order valence-corrected chi connectivity index (χ1v) is 6.85. The van der Waals surface area contributed by atoms with Crippen LogP contribution in [-0.4, -0.2) is 28.7 Å². The van der Waals surface area contributed by atoms with Gasteiger partial charge in [-0.25, -0.2) is 0 Å². The summed E-state index contributed by atoms with van der Waals surface area (Å²) in [5, 5.41) is 11.4. The third-order valence-electron chi connectivity index (χ3n) is 2.41. The van der Waals surface area contributed by atoms with Gasteiger partial charge >= 0.3 is 5.97 Å². The van der Waals surface area contributed by atoms with Gasteiger partial charge in [-0.1, -0.05) is 32.1 Å². The molecule has 1 rings (SSSR count). The highest BCUT2D eigenvalue weighted by atomic mass is 32.1. The Labute approximate surface area is 116 Å². The average Bonchev–Trinajstić information content (AvgIpc) is 2.61. The van der Waals surface area contributed by atoms with Crippen LogP contribution in [0.5, 0.6) is 0 Å². The Kier molecular flexibility index (Phi) is 4.99. The number of rotatable bonds is 4. The van der Waals surface area contributed by atoms with Crippen molar-refractivity contribution in [2.45, 2.75) is 34.6 Å². The number of aromatic nitrogens is 2. The molecule has 0 aliphatic carbocycles. The Morgan fingerprint density at radius 2 is 2.00 bits per heavy atom. The van der Waals surface area contributed by atoms with Crippen molar-refractivity contribution in [1.29, 1.82) is 0 Å². The van der Waals surface area contributed by atoms with Gasteiger partial charge < -0.3 is 4.74 Å². The highest BCUT2D eigenvalue weighted by Crippen LogP contribution is 2.29. The summed E-state index contributed by atoms with van der Waals surface area (Å²) in [5.74, 6) is -1.81. The molecule has 19 heavy (non-hydrogen) atoms. The van der Waals surface area contributed by atoms with E-state index in [0.29, 0.717) is 5.13 Å². The molecule has 6 nitrogen and oxygen atoms in total. The fourth-order valence-electron chi connectivity index (χ4n) is 1.60. The molecule has 0 radical (unpaired) electrons. The molecule has 0 aliphatic rings. The number of aryl methyl sites for hydroxylation is 1. The summed E-state index contributed by atoms with van der Waals surface area (Å²) in [7, 11) is 0. The minimum absolute atomic E-state index is 0.247. The van der Waals surface area contributed by atoms with Gasteiger partial charge in [-0.3, -0.25) is 14.9 Å². The predicted molar refractivity (Wildman–Crippen MR) is 72.9 cm³/mol. The van der Waals surface area contributed by atoms with Gasteiger partial charge in [0.2, 0.25) is 11.0 Å². The van der Waals surface area contributed by atoms with E-state index in [0.717, 1.165) is 5.01 Å². The van der Waals surface area contributed by atoms with Crippen molar-refractivity contribution >= 4 is 28.3 Å². The Bertz CT molecular complexity index is 465. The van der Waals surface area contributed by atoms with Crippen molar-refractivity contribution in [1.82, 2.24) is 10.2 Å². The van der Waals surface area contributed by atoms with Gasteiger partial charge in [0, 0.05) is 0 Å². The van der Waals surface area contributed by atoms with Crippen LogP contribution in [0.25, 0.3) is 0 Å². The maximum absolute atomic E-state index is 12.2. The molecule has 1 amide bonds. The zero-order valence-electron chi connectivity index (χ0n) is 11.8. The van der Waals surface area contributed by atoms with Crippen LogP contribution in [0.3, 0.4) is 0 Å². The van der Waals surface area contributed by atoms with Crippen molar-refractivity contribution in [3.8, 4) is 0 Å². The predicted octanol–water partition coefficient (Wildman–Crippen LogP) is 2.01. The molecular weight excluding hydrogens is 266 g/mol. The van der Waals surface area contributed by atoms with Crippen LogP contribution < -0.4 is 5.32 Å². The van der Waals surface area contributed by atoms with E-state index in [1.54, 1.807) is 13.8 Å². The second kappa shape index (κ2) is 6.10. The summed E-state index contributed by atoms with van der Waals surface area (Å²) in [5.41, 5.74) is -0.532. The molecule has 106 valence electrons. The number of nitrogens with one attached hydrogen (secondary N) is 1. The third-order valence-corrected chi connectivity index (χ3v) is 3.16. The van der Waals surface area contributed by atoms with E-state index in [-0.39, 0.29) is 6.61 Å². The first-order chi connectivity index (χ1) is 8.75. The largest absolute Gasteiger partial charge is 0.465 e. The van der Waals surface area contributed by atoms with Crippen LogP contribution in [0.15, 0.2) is 0 Å². The zero-order valence-corrected chi connectivity index (χ0v) is 12.6. The summed E-state index contributed by atoms with van der Waals surface area (Å²) in [6.45, 7) is 9.21. The molecule has 0 fully saturated rings. The van der Waals surface area contributed by atoms with E-state index in [4.69, 9.17) is 4.74 Å². The molecule has 0 bridgehead atoms. The van der Waals surface area contributed by atoms with Crippen molar-refractivity contribution in [3.63, 3.8) is 0 Å². The fraction of sp³-hybridized carbons (Fsp3) is 0.667.